The van der Waals surface area contributed by atoms with Gasteiger partial charge in [0.15, 0.2) is 0 Å². The molecular weight excluding hydrogens is 264 g/mol. The molecule has 2 N–H and O–H groups in total. The topological polar surface area (TPSA) is 57.4 Å². The minimum atomic E-state index is -0.0480. The van der Waals surface area contributed by atoms with E-state index in [1.54, 1.807) is 13.3 Å². The number of nitrogens with two attached hydrogens (primary N) is 1. The molecule has 0 fully saturated rings. The van der Waals surface area contributed by atoms with Crippen molar-refractivity contribution in [1.82, 2.24) is 4.98 Å². The van der Waals surface area contributed by atoms with E-state index in [0.29, 0.717) is 6.54 Å². The Bertz CT molecular complexity index is 618. The van der Waals surface area contributed by atoms with Crippen molar-refractivity contribution in [2.45, 2.75) is 32.7 Å². The van der Waals surface area contributed by atoms with Crippen LogP contribution in [0, 0.1) is 0 Å². The van der Waals surface area contributed by atoms with Crippen LogP contribution >= 0.6 is 0 Å². The van der Waals surface area contributed by atoms with E-state index in [-0.39, 0.29) is 5.41 Å². The summed E-state index contributed by atoms with van der Waals surface area (Å²) in [6.45, 7) is 6.83. The quantitative estimate of drug-likeness (QED) is 0.932. The Labute approximate surface area is 125 Å². The summed E-state index contributed by atoms with van der Waals surface area (Å²) in [5.41, 5.74) is 7.46. The average molecular weight is 286 g/mol. The molecule has 0 aliphatic carbocycles. The van der Waals surface area contributed by atoms with Crippen LogP contribution in [0.25, 0.3) is 0 Å². The molecule has 2 aromatic rings. The van der Waals surface area contributed by atoms with Crippen molar-refractivity contribution in [1.29, 1.82) is 0 Å². The lowest BCUT2D eigenvalue weighted by Crippen LogP contribution is -2.12. The zero-order valence-electron chi connectivity index (χ0n) is 13.0. The molecule has 4 nitrogen and oxygen atoms in total. The molecule has 0 atom stereocenters. The molecule has 0 amide bonds. The maximum absolute atomic E-state index is 6.03. The lowest BCUT2D eigenvalue weighted by Gasteiger charge is -2.23. The molecular formula is C17H22N2O2. The summed E-state index contributed by atoms with van der Waals surface area (Å²) in [6, 6.07) is 9.53. The molecule has 112 valence electrons. The minimum Gasteiger partial charge on any atom is -0.497 e. The van der Waals surface area contributed by atoms with Crippen molar-refractivity contribution in [2.75, 3.05) is 7.11 Å². The highest BCUT2D eigenvalue weighted by molar-refractivity contribution is 5.46. The highest BCUT2D eigenvalue weighted by atomic mass is 16.5. The lowest BCUT2D eigenvalue weighted by molar-refractivity contribution is 0.407. The Morgan fingerprint density at radius 1 is 1.10 bits per heavy atom. The van der Waals surface area contributed by atoms with Gasteiger partial charge in [-0.05, 0) is 29.7 Å². The summed E-state index contributed by atoms with van der Waals surface area (Å²) in [6.07, 6.45) is 1.71. The predicted octanol–water partition coefficient (Wildman–Crippen LogP) is 3.64. The fourth-order valence-corrected chi connectivity index (χ4v) is 2.07. The third kappa shape index (κ3) is 3.73. The van der Waals surface area contributed by atoms with E-state index >= 15 is 0 Å². The van der Waals surface area contributed by atoms with E-state index in [2.05, 4.69) is 25.8 Å². The number of hydrogen-bond acceptors (Lipinski definition) is 4. The molecule has 0 bridgehead atoms. The number of ether oxygens (including phenoxy) is 2. The lowest BCUT2D eigenvalue weighted by atomic mass is 9.86. The Morgan fingerprint density at radius 2 is 1.86 bits per heavy atom. The molecule has 1 aromatic heterocycles. The van der Waals surface area contributed by atoms with E-state index in [0.717, 1.165) is 28.5 Å². The van der Waals surface area contributed by atoms with Crippen LogP contribution in [0.4, 0.5) is 0 Å². The summed E-state index contributed by atoms with van der Waals surface area (Å²) in [5, 5.41) is 0. The standard InChI is InChI=1S/C17H22N2O2/c1-17(2,3)15-10-13(20-4)5-6-16(15)21-14-7-8-19-12(9-14)11-18/h5-10H,11,18H2,1-4H3. The molecule has 1 aromatic carbocycles. The van der Waals surface area contributed by atoms with E-state index < -0.39 is 0 Å². The Kier molecular flexibility index (Phi) is 4.48. The molecule has 4 heteroatoms. The first-order valence-corrected chi connectivity index (χ1v) is 6.95. The third-order valence-corrected chi connectivity index (χ3v) is 3.22. The number of nitrogens with zero attached hydrogens (tertiary/aromatic N) is 1. The summed E-state index contributed by atoms with van der Waals surface area (Å²) < 4.78 is 11.3. The first kappa shape index (κ1) is 15.3. The van der Waals surface area contributed by atoms with Crippen LogP contribution in [0.1, 0.15) is 32.0 Å². The van der Waals surface area contributed by atoms with Gasteiger partial charge in [0.1, 0.15) is 17.2 Å². The van der Waals surface area contributed by atoms with E-state index in [4.69, 9.17) is 15.2 Å². The maximum Gasteiger partial charge on any atom is 0.131 e. The predicted molar refractivity (Wildman–Crippen MR) is 83.9 cm³/mol. The number of pyridine rings is 1. The second kappa shape index (κ2) is 6.14. The minimum absolute atomic E-state index is 0.0480. The smallest absolute Gasteiger partial charge is 0.131 e. The Morgan fingerprint density at radius 3 is 2.48 bits per heavy atom. The Balaban J connectivity index is 2.39. The summed E-state index contributed by atoms with van der Waals surface area (Å²) >= 11 is 0. The van der Waals surface area contributed by atoms with Crippen molar-refractivity contribution in [2.24, 2.45) is 5.73 Å². The molecule has 0 unspecified atom stereocenters. The van der Waals surface area contributed by atoms with Crippen LogP contribution in [-0.4, -0.2) is 12.1 Å². The first-order chi connectivity index (χ1) is 9.94. The van der Waals surface area contributed by atoms with Gasteiger partial charge in [0.2, 0.25) is 0 Å². The zero-order chi connectivity index (χ0) is 15.5. The van der Waals surface area contributed by atoms with Gasteiger partial charge in [-0.25, -0.2) is 0 Å². The van der Waals surface area contributed by atoms with Gasteiger partial charge in [0, 0.05) is 24.4 Å². The number of aromatic nitrogens is 1. The fourth-order valence-electron chi connectivity index (χ4n) is 2.07. The maximum atomic E-state index is 6.03. The highest BCUT2D eigenvalue weighted by Crippen LogP contribution is 2.36. The molecule has 1 heterocycles. The fraction of sp³-hybridized carbons (Fsp3) is 0.353. The van der Waals surface area contributed by atoms with Crippen molar-refractivity contribution in [3.05, 3.63) is 47.8 Å². The first-order valence-electron chi connectivity index (χ1n) is 6.95. The van der Waals surface area contributed by atoms with Gasteiger partial charge >= 0.3 is 0 Å². The average Bonchev–Trinajstić information content (AvgIpc) is 2.46. The molecule has 0 aliphatic rings. The number of benzene rings is 1. The Hall–Kier alpha value is -2.07. The van der Waals surface area contributed by atoms with Crippen molar-refractivity contribution < 1.29 is 9.47 Å². The van der Waals surface area contributed by atoms with Gasteiger partial charge in [-0.1, -0.05) is 20.8 Å². The van der Waals surface area contributed by atoms with Gasteiger partial charge in [0.25, 0.3) is 0 Å². The number of hydrogen-bond donors (Lipinski definition) is 1. The molecule has 0 saturated heterocycles. The largest absolute Gasteiger partial charge is 0.497 e. The van der Waals surface area contributed by atoms with Crippen molar-refractivity contribution >= 4 is 0 Å². The molecule has 0 aliphatic heterocycles. The van der Waals surface area contributed by atoms with Gasteiger partial charge in [0.05, 0.1) is 12.8 Å². The number of rotatable bonds is 4. The SMILES string of the molecule is COc1ccc(Oc2ccnc(CN)c2)c(C(C)(C)C)c1. The van der Waals surface area contributed by atoms with E-state index in [9.17, 15) is 0 Å². The second-order valence-corrected chi connectivity index (χ2v) is 5.90. The summed E-state index contributed by atoms with van der Waals surface area (Å²) in [7, 11) is 1.67. The van der Waals surface area contributed by atoms with Crippen LogP contribution in [-0.2, 0) is 12.0 Å². The van der Waals surface area contributed by atoms with Crippen LogP contribution in [0.15, 0.2) is 36.5 Å². The van der Waals surface area contributed by atoms with Gasteiger partial charge in [-0.2, -0.15) is 0 Å². The highest BCUT2D eigenvalue weighted by Gasteiger charge is 2.20. The molecule has 0 saturated carbocycles. The normalized spacial score (nSPS) is 11.3. The van der Waals surface area contributed by atoms with Crippen LogP contribution in [0.3, 0.4) is 0 Å². The van der Waals surface area contributed by atoms with Gasteiger partial charge < -0.3 is 15.2 Å². The second-order valence-electron chi connectivity index (χ2n) is 5.90. The van der Waals surface area contributed by atoms with Crippen LogP contribution in [0.5, 0.6) is 17.2 Å². The molecule has 0 spiro atoms. The van der Waals surface area contributed by atoms with Crippen molar-refractivity contribution in [3.63, 3.8) is 0 Å². The zero-order valence-corrected chi connectivity index (χ0v) is 13.0. The number of methoxy groups -OCH3 is 1. The van der Waals surface area contributed by atoms with Crippen LogP contribution in [0.2, 0.25) is 0 Å². The molecule has 2 rings (SSSR count). The van der Waals surface area contributed by atoms with Gasteiger partial charge in [-0.15, -0.1) is 0 Å². The van der Waals surface area contributed by atoms with E-state index in [1.807, 2.05) is 30.3 Å². The summed E-state index contributed by atoms with van der Waals surface area (Å²) in [4.78, 5) is 4.17. The summed E-state index contributed by atoms with van der Waals surface area (Å²) in [5.74, 6) is 2.38. The van der Waals surface area contributed by atoms with Crippen LogP contribution < -0.4 is 15.2 Å². The monoisotopic (exact) mass is 286 g/mol. The van der Waals surface area contributed by atoms with Crippen molar-refractivity contribution in [3.8, 4) is 17.2 Å². The van der Waals surface area contributed by atoms with E-state index in [1.165, 1.54) is 0 Å². The van der Waals surface area contributed by atoms with Gasteiger partial charge in [-0.3, -0.25) is 4.98 Å². The molecule has 21 heavy (non-hydrogen) atoms. The third-order valence-electron chi connectivity index (χ3n) is 3.22. The molecule has 0 radical (unpaired) electrons.